The number of para-hydroxylation sites is 1. The van der Waals surface area contributed by atoms with Gasteiger partial charge >= 0.3 is 0 Å². The van der Waals surface area contributed by atoms with E-state index in [1.165, 1.54) is 0 Å². The molecular weight excluding hydrogens is 186 g/mol. The number of hydrogen-bond donors (Lipinski definition) is 1. The zero-order valence-electron chi connectivity index (χ0n) is 9.29. The number of carbonyl (C=O) groups excluding carboxylic acids is 1. The van der Waals surface area contributed by atoms with Gasteiger partial charge in [-0.25, -0.2) is 0 Å². The van der Waals surface area contributed by atoms with Crippen LogP contribution in [0.3, 0.4) is 0 Å². The first kappa shape index (κ1) is 11.3. The molecule has 0 fully saturated rings. The molecule has 78 valence electrons. The van der Waals surface area contributed by atoms with Gasteiger partial charge in [-0.2, -0.15) is 0 Å². The Morgan fingerprint density at radius 3 is 2.47 bits per heavy atom. The SMILES string of the molecule is C#Cc1ccccc1NC(=O)C(C)(C)C. The Hall–Kier alpha value is -1.75. The Morgan fingerprint density at radius 1 is 1.33 bits per heavy atom. The van der Waals surface area contributed by atoms with E-state index in [4.69, 9.17) is 6.42 Å². The second kappa shape index (κ2) is 4.18. The zero-order chi connectivity index (χ0) is 11.5. The van der Waals surface area contributed by atoms with Gasteiger partial charge in [0.15, 0.2) is 0 Å². The summed E-state index contributed by atoms with van der Waals surface area (Å²) < 4.78 is 0. The van der Waals surface area contributed by atoms with Gasteiger partial charge in [-0.3, -0.25) is 4.79 Å². The number of rotatable bonds is 1. The summed E-state index contributed by atoms with van der Waals surface area (Å²) in [5.41, 5.74) is 0.983. The molecule has 1 rings (SSSR count). The molecular formula is C13H15NO. The second-order valence-corrected chi connectivity index (χ2v) is 4.39. The van der Waals surface area contributed by atoms with Crippen LogP contribution in [-0.2, 0) is 4.79 Å². The van der Waals surface area contributed by atoms with Crippen molar-refractivity contribution in [2.45, 2.75) is 20.8 Å². The van der Waals surface area contributed by atoms with Crippen LogP contribution in [0.25, 0.3) is 0 Å². The van der Waals surface area contributed by atoms with Gasteiger partial charge in [0, 0.05) is 11.0 Å². The minimum absolute atomic E-state index is 0.0369. The third kappa shape index (κ3) is 2.85. The van der Waals surface area contributed by atoms with Crippen LogP contribution in [0.1, 0.15) is 26.3 Å². The molecule has 0 heterocycles. The highest BCUT2D eigenvalue weighted by Gasteiger charge is 2.21. The van der Waals surface area contributed by atoms with Crippen molar-refractivity contribution in [2.75, 3.05) is 5.32 Å². The number of terminal acetylenes is 1. The van der Waals surface area contributed by atoms with Crippen molar-refractivity contribution in [3.05, 3.63) is 29.8 Å². The third-order valence-electron chi connectivity index (χ3n) is 2.01. The van der Waals surface area contributed by atoms with Crippen molar-refractivity contribution >= 4 is 11.6 Å². The Balaban J connectivity index is 2.92. The van der Waals surface area contributed by atoms with Gasteiger partial charge in [0.25, 0.3) is 0 Å². The molecule has 0 bridgehead atoms. The fourth-order valence-corrected chi connectivity index (χ4v) is 1.03. The summed E-state index contributed by atoms with van der Waals surface area (Å²) in [6.45, 7) is 5.59. The number of hydrogen-bond acceptors (Lipinski definition) is 1. The highest BCUT2D eigenvalue weighted by molar-refractivity contribution is 5.95. The molecule has 0 unspecified atom stereocenters. The molecule has 1 N–H and O–H groups in total. The maximum atomic E-state index is 11.7. The summed E-state index contributed by atoms with van der Waals surface area (Å²) in [6.07, 6.45) is 5.33. The van der Waals surface area contributed by atoms with Crippen molar-refractivity contribution in [3.63, 3.8) is 0 Å². The van der Waals surface area contributed by atoms with E-state index < -0.39 is 5.41 Å². The highest BCUT2D eigenvalue weighted by atomic mass is 16.2. The van der Waals surface area contributed by atoms with Crippen molar-refractivity contribution in [3.8, 4) is 12.3 Å². The fourth-order valence-electron chi connectivity index (χ4n) is 1.03. The predicted molar refractivity (Wildman–Crippen MR) is 62.5 cm³/mol. The van der Waals surface area contributed by atoms with Gasteiger partial charge in [0.1, 0.15) is 0 Å². The van der Waals surface area contributed by atoms with Crippen molar-refractivity contribution in [1.29, 1.82) is 0 Å². The highest BCUT2D eigenvalue weighted by Crippen LogP contribution is 2.19. The molecule has 0 saturated carbocycles. The molecule has 0 aliphatic carbocycles. The topological polar surface area (TPSA) is 29.1 Å². The van der Waals surface area contributed by atoms with Crippen molar-refractivity contribution in [2.24, 2.45) is 5.41 Å². The first-order chi connectivity index (χ1) is 6.95. The van der Waals surface area contributed by atoms with Crippen molar-refractivity contribution in [1.82, 2.24) is 0 Å². The number of amides is 1. The monoisotopic (exact) mass is 201 g/mol. The van der Waals surface area contributed by atoms with Crippen molar-refractivity contribution < 1.29 is 4.79 Å². The minimum atomic E-state index is -0.415. The first-order valence-electron chi connectivity index (χ1n) is 4.82. The van der Waals surface area contributed by atoms with E-state index in [0.29, 0.717) is 11.3 Å². The standard InChI is InChI=1S/C13H15NO/c1-5-10-8-6-7-9-11(10)14-12(15)13(2,3)4/h1,6-9H,2-4H3,(H,14,15). The lowest BCUT2D eigenvalue weighted by molar-refractivity contribution is -0.123. The molecule has 2 heteroatoms. The van der Waals surface area contributed by atoms with Crippen LogP contribution < -0.4 is 5.32 Å². The van der Waals surface area contributed by atoms with E-state index in [9.17, 15) is 4.79 Å². The number of benzene rings is 1. The summed E-state index contributed by atoms with van der Waals surface area (Å²) in [5.74, 6) is 2.50. The predicted octanol–water partition coefficient (Wildman–Crippen LogP) is 2.65. The maximum Gasteiger partial charge on any atom is 0.229 e. The molecule has 0 radical (unpaired) electrons. The smallest absolute Gasteiger partial charge is 0.229 e. The molecule has 0 saturated heterocycles. The average Bonchev–Trinajstić information content (AvgIpc) is 2.17. The summed E-state index contributed by atoms with van der Waals surface area (Å²) in [4.78, 5) is 11.7. The summed E-state index contributed by atoms with van der Waals surface area (Å²) in [5, 5.41) is 2.82. The summed E-state index contributed by atoms with van der Waals surface area (Å²) in [7, 11) is 0. The number of carbonyl (C=O) groups is 1. The van der Waals surface area contributed by atoms with Gasteiger partial charge < -0.3 is 5.32 Å². The molecule has 0 atom stereocenters. The Kier molecular flexibility index (Phi) is 3.16. The minimum Gasteiger partial charge on any atom is -0.325 e. The van der Waals surface area contributed by atoms with E-state index in [2.05, 4.69) is 11.2 Å². The van der Waals surface area contributed by atoms with Gasteiger partial charge in [-0.15, -0.1) is 6.42 Å². The van der Waals surface area contributed by atoms with E-state index in [1.807, 2.05) is 32.9 Å². The van der Waals surface area contributed by atoms with Crippen LogP contribution in [0.4, 0.5) is 5.69 Å². The molecule has 0 aliphatic heterocycles. The molecule has 1 aromatic carbocycles. The average molecular weight is 201 g/mol. The Morgan fingerprint density at radius 2 is 1.93 bits per heavy atom. The Bertz CT molecular complexity index is 407. The fraction of sp³-hybridized carbons (Fsp3) is 0.308. The Labute approximate surface area is 90.7 Å². The van der Waals surface area contributed by atoms with Gasteiger partial charge in [0.05, 0.1) is 5.69 Å². The van der Waals surface area contributed by atoms with E-state index in [-0.39, 0.29) is 5.91 Å². The molecule has 0 aromatic heterocycles. The van der Waals surface area contributed by atoms with Gasteiger partial charge in [-0.05, 0) is 12.1 Å². The number of nitrogens with one attached hydrogen (secondary N) is 1. The lowest BCUT2D eigenvalue weighted by Crippen LogP contribution is -2.27. The molecule has 0 aliphatic rings. The first-order valence-corrected chi connectivity index (χ1v) is 4.82. The van der Waals surface area contributed by atoms with Crippen LogP contribution >= 0.6 is 0 Å². The van der Waals surface area contributed by atoms with Gasteiger partial charge in [0.2, 0.25) is 5.91 Å². The largest absolute Gasteiger partial charge is 0.325 e. The van der Waals surface area contributed by atoms with E-state index in [0.717, 1.165) is 0 Å². The van der Waals surface area contributed by atoms with Crippen LogP contribution in [0.5, 0.6) is 0 Å². The molecule has 0 spiro atoms. The van der Waals surface area contributed by atoms with Crippen LogP contribution in [0.15, 0.2) is 24.3 Å². The summed E-state index contributed by atoms with van der Waals surface area (Å²) >= 11 is 0. The van der Waals surface area contributed by atoms with Gasteiger partial charge in [-0.1, -0.05) is 38.8 Å². The molecule has 1 amide bonds. The quantitative estimate of drug-likeness (QED) is 0.695. The normalized spacial score (nSPS) is 10.5. The lowest BCUT2D eigenvalue weighted by atomic mass is 9.95. The zero-order valence-corrected chi connectivity index (χ0v) is 9.29. The lowest BCUT2D eigenvalue weighted by Gasteiger charge is -2.18. The molecule has 2 nitrogen and oxygen atoms in total. The third-order valence-corrected chi connectivity index (χ3v) is 2.01. The van der Waals surface area contributed by atoms with Crippen LogP contribution in [0, 0.1) is 17.8 Å². The second-order valence-electron chi connectivity index (χ2n) is 4.39. The van der Waals surface area contributed by atoms with E-state index >= 15 is 0 Å². The maximum absolute atomic E-state index is 11.7. The van der Waals surface area contributed by atoms with Crippen LogP contribution in [-0.4, -0.2) is 5.91 Å². The van der Waals surface area contributed by atoms with E-state index in [1.54, 1.807) is 12.1 Å². The summed E-state index contributed by atoms with van der Waals surface area (Å²) in [6, 6.07) is 7.30. The van der Waals surface area contributed by atoms with Crippen LogP contribution in [0.2, 0.25) is 0 Å². The number of anilines is 1. The molecule has 1 aromatic rings. The molecule has 15 heavy (non-hydrogen) atoms.